The van der Waals surface area contributed by atoms with Crippen LogP contribution in [0, 0.1) is 0 Å². The minimum Gasteiger partial charge on any atom is -0.404 e. The van der Waals surface area contributed by atoms with Crippen LogP contribution in [0.3, 0.4) is 0 Å². The van der Waals surface area contributed by atoms with Crippen LogP contribution in [0.2, 0.25) is 0 Å². The summed E-state index contributed by atoms with van der Waals surface area (Å²) >= 11 is 0. The van der Waals surface area contributed by atoms with Crippen LogP contribution in [0.5, 0.6) is 0 Å². The predicted octanol–water partition coefficient (Wildman–Crippen LogP) is 3.20. The number of aldehydes is 1. The van der Waals surface area contributed by atoms with Gasteiger partial charge in [-0.2, -0.15) is 5.10 Å². The first-order valence-corrected chi connectivity index (χ1v) is 9.18. The zero-order valence-corrected chi connectivity index (χ0v) is 15.7. The molecule has 0 atom stereocenters. The third-order valence-corrected chi connectivity index (χ3v) is 4.60. The Balaban J connectivity index is 1.63. The van der Waals surface area contributed by atoms with Gasteiger partial charge in [-0.15, -0.1) is 0 Å². The summed E-state index contributed by atoms with van der Waals surface area (Å²) in [4.78, 5) is 22.9. The Hall–Kier alpha value is -4.00. The summed E-state index contributed by atoms with van der Waals surface area (Å²) in [6, 6.07) is 12.1. The molecule has 29 heavy (non-hydrogen) atoms. The Morgan fingerprint density at radius 2 is 2.07 bits per heavy atom. The molecule has 3 aromatic heterocycles. The largest absolute Gasteiger partial charge is 0.404 e. The number of aromatic nitrogens is 4. The summed E-state index contributed by atoms with van der Waals surface area (Å²) < 4.78 is 1.59. The molecule has 0 aliphatic heterocycles. The zero-order chi connectivity index (χ0) is 20.1. The average molecular weight is 384 g/mol. The topological polar surface area (TPSA) is 102 Å². The highest BCUT2D eigenvalue weighted by Gasteiger charge is 2.11. The quantitative estimate of drug-likeness (QED) is 0.377. The highest BCUT2D eigenvalue weighted by atomic mass is 16.1. The second-order valence-corrected chi connectivity index (χ2v) is 6.52. The van der Waals surface area contributed by atoms with Gasteiger partial charge < -0.3 is 15.5 Å². The van der Waals surface area contributed by atoms with Crippen LogP contribution in [-0.4, -0.2) is 32.2 Å². The van der Waals surface area contributed by atoms with Gasteiger partial charge in [0.15, 0.2) is 0 Å². The van der Waals surface area contributed by atoms with E-state index in [4.69, 9.17) is 5.73 Å². The van der Waals surface area contributed by atoms with Gasteiger partial charge in [0.25, 0.3) is 0 Å². The summed E-state index contributed by atoms with van der Waals surface area (Å²) in [6.45, 7) is 0.808. The van der Waals surface area contributed by atoms with Gasteiger partial charge in [-0.25, -0.2) is 4.98 Å². The van der Waals surface area contributed by atoms with Gasteiger partial charge in [0.2, 0.25) is 0 Å². The Morgan fingerprint density at radius 1 is 1.21 bits per heavy atom. The van der Waals surface area contributed by atoms with Crippen LogP contribution in [0.15, 0.2) is 72.4 Å². The molecule has 144 valence electrons. The molecular weight excluding hydrogens is 364 g/mol. The molecule has 1 aromatic carbocycles. The number of aliphatic imine (C=N–C) groups is 1. The Labute approximate surface area is 167 Å². The molecule has 7 heteroatoms. The number of rotatable bonds is 7. The molecule has 7 nitrogen and oxygen atoms in total. The van der Waals surface area contributed by atoms with E-state index in [1.54, 1.807) is 29.5 Å². The average Bonchev–Trinajstić information content (AvgIpc) is 3.39. The van der Waals surface area contributed by atoms with E-state index >= 15 is 0 Å². The van der Waals surface area contributed by atoms with Crippen LogP contribution < -0.4 is 5.73 Å². The van der Waals surface area contributed by atoms with Crippen molar-refractivity contribution in [3.8, 4) is 11.1 Å². The normalized spacial score (nSPS) is 12.1. The highest BCUT2D eigenvalue weighted by molar-refractivity contribution is 6.14. The van der Waals surface area contributed by atoms with Gasteiger partial charge in [0.05, 0.1) is 19.3 Å². The number of pyridine rings is 1. The number of H-pyrrole nitrogens is 1. The van der Waals surface area contributed by atoms with Gasteiger partial charge in [-0.05, 0) is 11.6 Å². The first kappa shape index (κ1) is 18.4. The van der Waals surface area contributed by atoms with Crippen molar-refractivity contribution in [2.75, 3.05) is 0 Å². The molecule has 3 N–H and O–H groups in total. The van der Waals surface area contributed by atoms with Crippen molar-refractivity contribution in [1.82, 2.24) is 19.7 Å². The molecule has 0 saturated carbocycles. The second-order valence-electron chi connectivity index (χ2n) is 6.52. The number of nitrogens with two attached hydrogens (primary N) is 1. The molecule has 4 rings (SSSR count). The third-order valence-electron chi connectivity index (χ3n) is 4.60. The van der Waals surface area contributed by atoms with Gasteiger partial charge in [0, 0.05) is 58.7 Å². The summed E-state index contributed by atoms with van der Waals surface area (Å²) in [5.74, 6) is 0. The van der Waals surface area contributed by atoms with E-state index in [0.29, 0.717) is 6.54 Å². The molecule has 0 aliphatic carbocycles. The van der Waals surface area contributed by atoms with Crippen molar-refractivity contribution in [3.05, 3.63) is 78.5 Å². The molecule has 0 fully saturated rings. The van der Waals surface area contributed by atoms with Crippen LogP contribution >= 0.6 is 0 Å². The van der Waals surface area contributed by atoms with Crippen molar-refractivity contribution in [2.24, 2.45) is 10.7 Å². The molecule has 0 bridgehead atoms. The Kier molecular flexibility index (Phi) is 5.29. The number of hydrogen-bond acceptors (Lipinski definition) is 5. The number of nitrogens with one attached hydrogen (secondary N) is 1. The maximum absolute atomic E-state index is 10.7. The molecule has 0 amide bonds. The standard InChI is InChI=1S/C22H20N6O/c23-9-18(11-24-10-16-4-2-1-3-5-16)21-14-26-22-20(21)8-17(12-25-22)19-13-27-28(15-19)6-7-29/h1-5,7-9,11-15H,6,10,23H2,(H,25,26)/b18-9+,24-11?. The molecule has 4 aromatic rings. The molecule has 0 radical (unpaired) electrons. The fourth-order valence-corrected chi connectivity index (χ4v) is 3.12. The minimum absolute atomic E-state index is 0.225. The van der Waals surface area contributed by atoms with E-state index in [9.17, 15) is 4.79 Å². The van der Waals surface area contributed by atoms with Crippen molar-refractivity contribution in [1.29, 1.82) is 0 Å². The summed E-state index contributed by atoms with van der Waals surface area (Å²) in [7, 11) is 0. The van der Waals surface area contributed by atoms with Crippen LogP contribution in [0.4, 0.5) is 0 Å². The molecule has 0 aliphatic rings. The summed E-state index contributed by atoms with van der Waals surface area (Å²) in [5.41, 5.74) is 11.3. The third kappa shape index (κ3) is 3.98. The number of benzene rings is 1. The Morgan fingerprint density at radius 3 is 2.86 bits per heavy atom. The van der Waals surface area contributed by atoms with Gasteiger partial charge >= 0.3 is 0 Å². The van der Waals surface area contributed by atoms with Crippen LogP contribution in [0.25, 0.3) is 27.7 Å². The highest BCUT2D eigenvalue weighted by Crippen LogP contribution is 2.27. The zero-order valence-electron chi connectivity index (χ0n) is 15.7. The van der Waals surface area contributed by atoms with Gasteiger partial charge in [0.1, 0.15) is 11.9 Å². The summed E-state index contributed by atoms with van der Waals surface area (Å²) in [6.07, 6.45) is 11.3. The van der Waals surface area contributed by atoms with E-state index in [0.717, 1.165) is 45.1 Å². The molecule has 0 spiro atoms. The minimum atomic E-state index is 0.225. The fourth-order valence-electron chi connectivity index (χ4n) is 3.12. The van der Waals surface area contributed by atoms with Crippen LogP contribution in [-0.2, 0) is 17.9 Å². The van der Waals surface area contributed by atoms with Crippen molar-refractivity contribution < 1.29 is 4.79 Å². The van der Waals surface area contributed by atoms with E-state index in [-0.39, 0.29) is 6.54 Å². The number of carbonyl (C=O) groups is 1. The number of allylic oxidation sites excluding steroid dienone is 1. The van der Waals surface area contributed by atoms with E-state index in [1.165, 1.54) is 0 Å². The Bertz CT molecular complexity index is 1190. The van der Waals surface area contributed by atoms with Crippen molar-refractivity contribution >= 4 is 29.1 Å². The number of fused-ring (bicyclic) bond motifs is 1. The monoisotopic (exact) mass is 384 g/mol. The number of carbonyl (C=O) groups excluding carboxylic acids is 1. The lowest BCUT2D eigenvalue weighted by molar-refractivity contribution is -0.108. The van der Waals surface area contributed by atoms with E-state index < -0.39 is 0 Å². The van der Waals surface area contributed by atoms with Crippen LogP contribution in [0.1, 0.15) is 11.1 Å². The lowest BCUT2D eigenvalue weighted by atomic mass is 10.1. The first-order valence-electron chi connectivity index (χ1n) is 9.18. The summed E-state index contributed by atoms with van der Waals surface area (Å²) in [5, 5.41) is 5.13. The smallest absolute Gasteiger partial charge is 0.141 e. The lowest BCUT2D eigenvalue weighted by Gasteiger charge is -2.02. The van der Waals surface area contributed by atoms with E-state index in [1.807, 2.05) is 48.8 Å². The number of nitrogens with zero attached hydrogens (tertiary/aromatic N) is 4. The molecule has 3 heterocycles. The SMILES string of the molecule is N/C=C(\C=NCc1ccccc1)c1c[nH]c2ncc(-c3cnn(CC=O)c3)cc12. The maximum Gasteiger partial charge on any atom is 0.141 e. The van der Waals surface area contributed by atoms with Gasteiger partial charge in [-0.3, -0.25) is 9.67 Å². The number of hydrogen-bond donors (Lipinski definition) is 2. The molecule has 0 unspecified atom stereocenters. The molecule has 0 saturated heterocycles. The first-order chi connectivity index (χ1) is 14.3. The van der Waals surface area contributed by atoms with Crippen molar-refractivity contribution in [2.45, 2.75) is 13.1 Å². The molecular formula is C22H20N6O. The maximum atomic E-state index is 10.7. The van der Waals surface area contributed by atoms with E-state index in [2.05, 4.69) is 20.1 Å². The lowest BCUT2D eigenvalue weighted by Crippen LogP contribution is -1.97. The number of aromatic amines is 1. The second kappa shape index (κ2) is 8.35. The fraction of sp³-hybridized carbons (Fsp3) is 0.0909. The predicted molar refractivity (Wildman–Crippen MR) is 114 cm³/mol. The van der Waals surface area contributed by atoms with Gasteiger partial charge in [-0.1, -0.05) is 30.3 Å². The van der Waals surface area contributed by atoms with Crippen molar-refractivity contribution in [3.63, 3.8) is 0 Å².